The molecule has 0 aromatic rings. The molecule has 0 saturated carbocycles. The van der Waals surface area contributed by atoms with Crippen LogP contribution in [0.15, 0.2) is 12.7 Å². The lowest BCUT2D eigenvalue weighted by atomic mass is 10.4. The highest BCUT2D eigenvalue weighted by Crippen LogP contribution is 2.43. The molecule has 0 aliphatic rings. The number of hydrogen-bond donors (Lipinski definition) is 3. The first kappa shape index (κ1) is 20.6. The van der Waals surface area contributed by atoms with Gasteiger partial charge in [-0.1, -0.05) is 6.08 Å². The summed E-state index contributed by atoms with van der Waals surface area (Å²) in [6, 6.07) is 0. The van der Waals surface area contributed by atoms with Crippen LogP contribution in [0.1, 0.15) is 13.8 Å². The second kappa shape index (κ2) is 12.3. The smallest absolute Gasteiger partial charge is 0.393 e. The van der Waals surface area contributed by atoms with E-state index < -0.39 is 26.5 Å². The minimum Gasteiger partial charge on any atom is -0.393 e. The Bertz CT molecular complexity index is 291. The first-order chi connectivity index (χ1) is 8.84. The Balaban J connectivity index is 0. The monoisotopic (exact) mass is 300 g/mol. The summed E-state index contributed by atoms with van der Waals surface area (Å²) in [5, 5.41) is 17.0. The van der Waals surface area contributed by atoms with Crippen molar-refractivity contribution in [1.29, 1.82) is 0 Å². The molecule has 0 spiro atoms. The molecule has 0 aromatic heterocycles. The molecule has 2 unspecified atom stereocenters. The van der Waals surface area contributed by atoms with E-state index in [-0.39, 0.29) is 6.61 Å². The van der Waals surface area contributed by atoms with Crippen LogP contribution >= 0.6 is 7.82 Å². The van der Waals surface area contributed by atoms with E-state index in [0.717, 1.165) is 13.2 Å². The quantitative estimate of drug-likeness (QED) is 0.430. The van der Waals surface area contributed by atoms with Gasteiger partial charge in [-0.15, -0.1) is 6.58 Å². The van der Waals surface area contributed by atoms with Crippen LogP contribution in [0.2, 0.25) is 0 Å². The molecule has 0 fully saturated rings. The van der Waals surface area contributed by atoms with E-state index in [9.17, 15) is 9.36 Å². The molecule has 19 heavy (non-hydrogen) atoms. The summed E-state index contributed by atoms with van der Waals surface area (Å²) in [4.78, 5) is 19.5. The Hall–Kier alpha value is -0.760. The van der Waals surface area contributed by atoms with Crippen molar-refractivity contribution >= 4 is 13.8 Å². The molecule has 3 N–H and O–H groups in total. The van der Waals surface area contributed by atoms with Gasteiger partial charge in [0.1, 0.15) is 0 Å². The number of aliphatic hydroxyl groups is 2. The third-order valence-corrected chi connectivity index (χ3v) is 2.30. The molecule has 0 rings (SSSR count). The number of hydrogen-bond acceptors (Lipinski definition) is 7. The van der Waals surface area contributed by atoms with E-state index in [1.807, 2.05) is 13.8 Å². The standard InChI is InChI=1S/C6H11O7P.C4H10O/c1-2-3-12-14(10,11)13-6(9)5(8)4-7;1-3-5-4-2/h2,5,7-8H,1,3-4H2,(H,10,11);3-4H2,1-2H3. The van der Waals surface area contributed by atoms with Gasteiger partial charge in [-0.2, -0.15) is 0 Å². The number of carbonyl (C=O) groups is 1. The summed E-state index contributed by atoms with van der Waals surface area (Å²) in [7, 11) is -4.52. The zero-order chi connectivity index (χ0) is 15.3. The van der Waals surface area contributed by atoms with Gasteiger partial charge in [-0.25, -0.2) is 9.36 Å². The molecule has 0 aliphatic carbocycles. The van der Waals surface area contributed by atoms with Crippen molar-refractivity contribution in [2.24, 2.45) is 0 Å². The Labute approximate surface area is 112 Å². The lowest BCUT2D eigenvalue weighted by Crippen LogP contribution is -2.25. The average molecular weight is 300 g/mol. The maximum absolute atomic E-state index is 10.9. The normalized spacial score (nSPS) is 14.6. The van der Waals surface area contributed by atoms with Crippen LogP contribution in [0.3, 0.4) is 0 Å². The summed E-state index contributed by atoms with van der Waals surface area (Å²) in [5.41, 5.74) is 0. The zero-order valence-electron chi connectivity index (χ0n) is 11.0. The molecule has 8 nitrogen and oxygen atoms in total. The van der Waals surface area contributed by atoms with Crippen molar-refractivity contribution in [3.8, 4) is 0 Å². The van der Waals surface area contributed by atoms with Gasteiger partial charge < -0.3 is 19.5 Å². The van der Waals surface area contributed by atoms with Crippen LogP contribution in [-0.2, 0) is 23.1 Å². The Morgan fingerprint density at radius 2 is 1.95 bits per heavy atom. The fourth-order valence-electron chi connectivity index (χ4n) is 0.626. The van der Waals surface area contributed by atoms with Crippen LogP contribution in [0.5, 0.6) is 0 Å². The second-order valence-electron chi connectivity index (χ2n) is 2.94. The SMILES string of the molecule is C=CCOP(=O)(O)OC(=O)C(O)CO.CCOCC. The number of carbonyl (C=O) groups excluding carboxylic acids is 1. The molecule has 114 valence electrons. The highest BCUT2D eigenvalue weighted by atomic mass is 31.2. The highest BCUT2D eigenvalue weighted by Gasteiger charge is 2.29. The van der Waals surface area contributed by atoms with E-state index in [1.54, 1.807) is 0 Å². The number of aliphatic hydroxyl groups excluding tert-OH is 2. The molecule has 0 heterocycles. The van der Waals surface area contributed by atoms with Gasteiger partial charge in [0.25, 0.3) is 0 Å². The zero-order valence-corrected chi connectivity index (χ0v) is 11.9. The first-order valence-corrected chi connectivity index (χ1v) is 7.02. The van der Waals surface area contributed by atoms with E-state index in [1.165, 1.54) is 6.08 Å². The minimum absolute atomic E-state index is 0.281. The number of phosphoric acid groups is 1. The first-order valence-electron chi connectivity index (χ1n) is 5.52. The Kier molecular flexibility index (Phi) is 13.3. The van der Waals surface area contributed by atoms with Crippen molar-refractivity contribution in [2.75, 3.05) is 26.4 Å². The molecule has 0 aliphatic heterocycles. The number of phosphoric ester groups is 1. The molecule has 0 amide bonds. The van der Waals surface area contributed by atoms with Crippen LogP contribution in [0.4, 0.5) is 0 Å². The molecule has 0 radical (unpaired) electrons. The molecular weight excluding hydrogens is 279 g/mol. The molecule has 0 aromatic carbocycles. The molecule has 0 bridgehead atoms. The van der Waals surface area contributed by atoms with Crippen molar-refractivity contribution in [1.82, 2.24) is 0 Å². The molecule has 0 saturated heterocycles. The van der Waals surface area contributed by atoms with Gasteiger partial charge in [-0.3, -0.25) is 9.42 Å². The second-order valence-corrected chi connectivity index (χ2v) is 4.32. The Morgan fingerprint density at radius 1 is 1.42 bits per heavy atom. The maximum Gasteiger partial charge on any atom is 0.529 e. The van der Waals surface area contributed by atoms with Gasteiger partial charge in [0, 0.05) is 13.2 Å². The Morgan fingerprint density at radius 3 is 2.26 bits per heavy atom. The van der Waals surface area contributed by atoms with Crippen molar-refractivity contribution < 1.29 is 38.3 Å². The topological polar surface area (TPSA) is 123 Å². The maximum atomic E-state index is 10.9. The van der Waals surface area contributed by atoms with Gasteiger partial charge in [0.05, 0.1) is 13.2 Å². The predicted molar refractivity (Wildman–Crippen MR) is 67.3 cm³/mol. The van der Waals surface area contributed by atoms with Gasteiger partial charge in [-0.05, 0) is 13.8 Å². The van der Waals surface area contributed by atoms with Crippen molar-refractivity contribution in [2.45, 2.75) is 20.0 Å². The average Bonchev–Trinajstić information content (AvgIpc) is 2.36. The van der Waals surface area contributed by atoms with Gasteiger partial charge in [0.15, 0.2) is 6.10 Å². The van der Waals surface area contributed by atoms with Crippen LogP contribution in [-0.4, -0.2) is 53.6 Å². The minimum atomic E-state index is -4.52. The van der Waals surface area contributed by atoms with E-state index in [0.29, 0.717) is 0 Å². The van der Waals surface area contributed by atoms with Crippen LogP contribution in [0, 0.1) is 0 Å². The molecule has 9 heteroatoms. The lowest BCUT2D eigenvalue weighted by Gasteiger charge is -2.12. The largest absolute Gasteiger partial charge is 0.529 e. The van der Waals surface area contributed by atoms with Crippen molar-refractivity contribution in [3.05, 3.63) is 12.7 Å². The summed E-state index contributed by atoms with van der Waals surface area (Å²) in [6.07, 6.45) is -0.679. The van der Waals surface area contributed by atoms with Crippen LogP contribution < -0.4 is 0 Å². The molecule has 2 atom stereocenters. The fourth-order valence-corrected chi connectivity index (χ4v) is 1.32. The fraction of sp³-hybridized carbons (Fsp3) is 0.700. The summed E-state index contributed by atoms with van der Waals surface area (Å²) in [6.45, 7) is 7.69. The third kappa shape index (κ3) is 13.5. The summed E-state index contributed by atoms with van der Waals surface area (Å²) >= 11 is 0. The van der Waals surface area contributed by atoms with E-state index >= 15 is 0 Å². The van der Waals surface area contributed by atoms with Gasteiger partial charge >= 0.3 is 13.8 Å². The highest BCUT2D eigenvalue weighted by molar-refractivity contribution is 7.48. The lowest BCUT2D eigenvalue weighted by molar-refractivity contribution is -0.147. The van der Waals surface area contributed by atoms with Crippen LogP contribution in [0.25, 0.3) is 0 Å². The predicted octanol–water partition coefficient (Wildman–Crippen LogP) is 0.229. The molecular formula is C10H21O8P. The summed E-state index contributed by atoms with van der Waals surface area (Å²) in [5.74, 6) is -1.43. The van der Waals surface area contributed by atoms with E-state index in [4.69, 9.17) is 19.8 Å². The van der Waals surface area contributed by atoms with Crippen molar-refractivity contribution in [3.63, 3.8) is 0 Å². The van der Waals surface area contributed by atoms with E-state index in [2.05, 4.69) is 15.6 Å². The van der Waals surface area contributed by atoms with Gasteiger partial charge in [0.2, 0.25) is 0 Å². The number of ether oxygens (including phenoxy) is 1. The third-order valence-electron chi connectivity index (χ3n) is 1.41. The summed E-state index contributed by atoms with van der Waals surface area (Å²) < 4.78 is 23.8. The number of rotatable bonds is 8.